The number of carbonyl (C=O) groups is 4. The van der Waals surface area contributed by atoms with Crippen LogP contribution in [0.1, 0.15) is 151 Å². The average Bonchev–Trinajstić information content (AvgIpc) is 3.47. The van der Waals surface area contributed by atoms with E-state index in [9.17, 15) is 19.2 Å². The van der Waals surface area contributed by atoms with Gasteiger partial charge in [-0.25, -0.2) is 0 Å². The number of rotatable bonds is 13. The van der Waals surface area contributed by atoms with Gasteiger partial charge in [-0.05, 0) is 136 Å². The molecule has 0 radical (unpaired) electrons. The van der Waals surface area contributed by atoms with Gasteiger partial charge in [-0.15, -0.1) is 0 Å². The number of nitrogens with one attached hydrogen (secondary N) is 2. The summed E-state index contributed by atoms with van der Waals surface area (Å²) in [4.78, 5) is 49.9. The SMILES string of the molecule is C=C(C)[C@@H]1CC[C@]2(C(=O)NCCCCCC(=O)NCCCC(=O)OC)CC[C@]3(C)[C@H](CC[C@@H]4[C@@]5(C)CC[C@H](OC(C)=O)C(C)(C)[C@@H]5CC[C@]43C)[C@@H]12. The molecule has 0 aromatic carbocycles. The van der Waals surface area contributed by atoms with Gasteiger partial charge in [-0.3, -0.25) is 19.2 Å². The van der Waals surface area contributed by atoms with Gasteiger partial charge < -0.3 is 20.1 Å². The second-order valence-electron chi connectivity index (χ2n) is 18.9. The van der Waals surface area contributed by atoms with Crippen LogP contribution in [0.15, 0.2) is 12.2 Å². The zero-order valence-corrected chi connectivity index (χ0v) is 33.3. The third kappa shape index (κ3) is 7.04. The molecule has 0 heterocycles. The Balaban J connectivity index is 1.23. The van der Waals surface area contributed by atoms with E-state index in [1.165, 1.54) is 38.4 Å². The van der Waals surface area contributed by atoms with Crippen LogP contribution in [0.2, 0.25) is 0 Å². The summed E-state index contributed by atoms with van der Waals surface area (Å²) in [6.07, 6.45) is 14.8. The fourth-order valence-corrected chi connectivity index (χ4v) is 13.5. The maximum atomic E-state index is 14.4. The van der Waals surface area contributed by atoms with Gasteiger partial charge in [0.1, 0.15) is 6.10 Å². The highest BCUT2D eigenvalue weighted by atomic mass is 16.5. The normalized spacial score (nSPS) is 39.3. The highest BCUT2D eigenvalue weighted by molar-refractivity contribution is 5.84. The van der Waals surface area contributed by atoms with Crippen molar-refractivity contribution in [3.05, 3.63) is 12.2 Å². The molecule has 8 heteroatoms. The van der Waals surface area contributed by atoms with E-state index in [2.05, 4.69) is 63.5 Å². The second kappa shape index (κ2) is 15.2. The van der Waals surface area contributed by atoms with E-state index in [-0.39, 0.29) is 56.9 Å². The molecule has 5 aliphatic rings. The zero-order chi connectivity index (χ0) is 37.4. The summed E-state index contributed by atoms with van der Waals surface area (Å²) in [5.41, 5.74) is 1.44. The molecule has 288 valence electrons. The van der Waals surface area contributed by atoms with Crippen molar-refractivity contribution in [1.82, 2.24) is 10.6 Å². The predicted molar refractivity (Wildman–Crippen MR) is 200 cm³/mol. The van der Waals surface area contributed by atoms with Crippen LogP contribution in [-0.2, 0) is 28.7 Å². The third-order valence-corrected chi connectivity index (χ3v) is 16.2. The highest BCUT2D eigenvalue weighted by Gasteiger charge is 2.72. The van der Waals surface area contributed by atoms with E-state index in [0.29, 0.717) is 61.9 Å². The van der Waals surface area contributed by atoms with Crippen LogP contribution in [0, 0.1) is 56.7 Å². The van der Waals surface area contributed by atoms with Crippen molar-refractivity contribution in [2.45, 2.75) is 157 Å². The Kier molecular flexibility index (Phi) is 11.8. The number of hydrogen-bond acceptors (Lipinski definition) is 6. The number of amides is 2. The Morgan fingerprint density at radius 1 is 0.725 bits per heavy atom. The lowest BCUT2D eigenvalue weighted by molar-refractivity contribution is -0.248. The van der Waals surface area contributed by atoms with E-state index in [1.54, 1.807) is 6.92 Å². The maximum Gasteiger partial charge on any atom is 0.305 e. The topological polar surface area (TPSA) is 111 Å². The number of ether oxygens (including phenoxy) is 2. The Labute approximate surface area is 308 Å². The van der Waals surface area contributed by atoms with Gasteiger partial charge in [0.15, 0.2) is 0 Å². The van der Waals surface area contributed by atoms with Gasteiger partial charge in [-0.1, -0.05) is 53.2 Å². The lowest BCUT2D eigenvalue weighted by Crippen LogP contribution is -2.67. The standard InChI is InChI=1S/C43H70N2O6/c1-28(2)30-18-23-43(38(49)45-26-12-10-11-14-35(47)44-27-13-15-36(48)50-9)25-24-41(7)31(37(30)43)16-17-33-40(6)21-20-34(51-29(3)46)39(4,5)32(40)19-22-42(33,41)8/h30-34,37H,1,10-27H2,2-9H3,(H,44,47)(H,45,49)/t30-,31+,32-,33+,34-,37+,40-,41+,42+,43-/m0/s1. The number of allylic oxidation sites excluding steroid dienone is 1. The second-order valence-corrected chi connectivity index (χ2v) is 18.9. The quantitative estimate of drug-likeness (QED) is 0.113. The van der Waals surface area contributed by atoms with Gasteiger partial charge in [0, 0.05) is 38.3 Å². The lowest BCUT2D eigenvalue weighted by atomic mass is 9.32. The molecule has 0 aromatic rings. The molecular formula is C43H70N2O6. The van der Waals surface area contributed by atoms with Crippen molar-refractivity contribution < 1.29 is 28.7 Å². The van der Waals surface area contributed by atoms with Crippen molar-refractivity contribution in [2.75, 3.05) is 20.2 Å². The minimum absolute atomic E-state index is 0.0111. The Morgan fingerprint density at radius 3 is 2.14 bits per heavy atom. The molecule has 0 bridgehead atoms. The number of fused-ring (bicyclic) bond motifs is 7. The predicted octanol–water partition coefficient (Wildman–Crippen LogP) is 8.32. The molecule has 51 heavy (non-hydrogen) atoms. The Morgan fingerprint density at radius 2 is 1.45 bits per heavy atom. The third-order valence-electron chi connectivity index (χ3n) is 16.2. The Hall–Kier alpha value is -2.38. The van der Waals surface area contributed by atoms with Crippen molar-refractivity contribution in [3.8, 4) is 0 Å². The summed E-state index contributed by atoms with van der Waals surface area (Å²) < 4.78 is 10.6. The van der Waals surface area contributed by atoms with E-state index in [0.717, 1.165) is 57.8 Å². The van der Waals surface area contributed by atoms with E-state index < -0.39 is 0 Å². The number of carbonyl (C=O) groups excluding carboxylic acids is 4. The first-order chi connectivity index (χ1) is 24.0. The number of esters is 2. The molecule has 5 aliphatic carbocycles. The first kappa shape index (κ1) is 39.8. The zero-order valence-electron chi connectivity index (χ0n) is 33.3. The van der Waals surface area contributed by atoms with Crippen LogP contribution in [-0.4, -0.2) is 50.1 Å². The first-order valence-corrected chi connectivity index (χ1v) is 20.4. The molecule has 0 saturated heterocycles. The maximum absolute atomic E-state index is 14.4. The molecule has 0 aromatic heterocycles. The summed E-state index contributed by atoms with van der Waals surface area (Å²) in [5.74, 6) is 2.22. The van der Waals surface area contributed by atoms with E-state index in [1.807, 2.05) is 0 Å². The number of methoxy groups -OCH3 is 1. The summed E-state index contributed by atoms with van der Waals surface area (Å²) >= 11 is 0. The number of hydrogen-bond donors (Lipinski definition) is 2. The van der Waals surface area contributed by atoms with Crippen molar-refractivity contribution in [1.29, 1.82) is 0 Å². The van der Waals surface area contributed by atoms with Crippen LogP contribution in [0.3, 0.4) is 0 Å². The lowest BCUT2D eigenvalue weighted by Gasteiger charge is -2.72. The van der Waals surface area contributed by atoms with Gasteiger partial charge >= 0.3 is 11.9 Å². The van der Waals surface area contributed by atoms with Crippen LogP contribution >= 0.6 is 0 Å². The molecule has 0 aliphatic heterocycles. The molecule has 0 unspecified atom stereocenters. The summed E-state index contributed by atoms with van der Waals surface area (Å²) in [6.45, 7) is 21.9. The fraction of sp³-hybridized carbons (Fsp3) is 0.860. The van der Waals surface area contributed by atoms with Gasteiger partial charge in [0.25, 0.3) is 0 Å². The molecule has 8 nitrogen and oxygen atoms in total. The largest absolute Gasteiger partial charge is 0.469 e. The van der Waals surface area contributed by atoms with Gasteiger partial charge in [0.05, 0.1) is 12.5 Å². The molecule has 0 spiro atoms. The van der Waals surface area contributed by atoms with Crippen molar-refractivity contribution >= 4 is 23.8 Å². The summed E-state index contributed by atoms with van der Waals surface area (Å²) in [5, 5.41) is 6.30. The van der Waals surface area contributed by atoms with Crippen molar-refractivity contribution in [3.63, 3.8) is 0 Å². The molecule has 10 atom stereocenters. The van der Waals surface area contributed by atoms with Gasteiger partial charge in [-0.2, -0.15) is 0 Å². The minimum Gasteiger partial charge on any atom is -0.469 e. The minimum atomic E-state index is -0.327. The molecule has 2 amide bonds. The number of unbranched alkanes of at least 4 members (excludes halogenated alkanes) is 2. The van der Waals surface area contributed by atoms with Crippen LogP contribution in [0.4, 0.5) is 0 Å². The highest BCUT2D eigenvalue weighted by Crippen LogP contribution is 2.77. The van der Waals surface area contributed by atoms with E-state index in [4.69, 9.17) is 4.74 Å². The summed E-state index contributed by atoms with van der Waals surface area (Å²) in [6, 6.07) is 0. The van der Waals surface area contributed by atoms with Crippen LogP contribution < -0.4 is 10.6 Å². The van der Waals surface area contributed by atoms with Gasteiger partial charge in [0.2, 0.25) is 11.8 Å². The molecule has 5 fully saturated rings. The van der Waals surface area contributed by atoms with Crippen LogP contribution in [0.5, 0.6) is 0 Å². The van der Waals surface area contributed by atoms with Crippen molar-refractivity contribution in [2.24, 2.45) is 56.7 Å². The molecule has 5 rings (SSSR count). The Bertz CT molecular complexity index is 1340. The van der Waals surface area contributed by atoms with Crippen LogP contribution in [0.25, 0.3) is 0 Å². The molecule has 2 N–H and O–H groups in total. The fourth-order valence-electron chi connectivity index (χ4n) is 13.5. The monoisotopic (exact) mass is 711 g/mol. The molecular weight excluding hydrogens is 640 g/mol. The molecule has 5 saturated carbocycles. The smallest absolute Gasteiger partial charge is 0.305 e. The van der Waals surface area contributed by atoms with E-state index >= 15 is 0 Å². The first-order valence-electron chi connectivity index (χ1n) is 20.4. The summed E-state index contributed by atoms with van der Waals surface area (Å²) in [7, 11) is 1.37. The average molecular weight is 711 g/mol.